The number of imidazole rings is 1. The Labute approximate surface area is 228 Å². The summed E-state index contributed by atoms with van der Waals surface area (Å²) >= 11 is 0. The molecule has 1 unspecified atom stereocenters. The molecule has 40 heavy (non-hydrogen) atoms. The van der Waals surface area contributed by atoms with E-state index < -0.39 is 35.2 Å². The van der Waals surface area contributed by atoms with Crippen molar-refractivity contribution in [3.63, 3.8) is 0 Å². The number of nitrogens with zero attached hydrogens (tertiary/aromatic N) is 3. The molecule has 0 saturated heterocycles. The van der Waals surface area contributed by atoms with Crippen molar-refractivity contribution < 1.29 is 28.3 Å². The number of hydrogen-bond donors (Lipinski definition) is 4. The highest BCUT2D eigenvalue weighted by atomic mass is 19.2. The van der Waals surface area contributed by atoms with E-state index >= 15 is 0 Å². The number of pyridine rings is 1. The number of likely N-dealkylation sites (N-methyl/N-ethyl adjacent to an activating group) is 1. The Kier molecular flexibility index (Phi) is 9.75. The zero-order valence-corrected chi connectivity index (χ0v) is 22.6. The van der Waals surface area contributed by atoms with Gasteiger partial charge >= 0.3 is 6.09 Å². The molecule has 1 atom stereocenters. The summed E-state index contributed by atoms with van der Waals surface area (Å²) in [6.45, 7) is 3.68. The van der Waals surface area contributed by atoms with Crippen molar-refractivity contribution in [2.45, 2.75) is 45.7 Å². The number of carboxylic acid groups (broad SMARTS) is 1. The van der Waals surface area contributed by atoms with E-state index in [0.29, 0.717) is 5.52 Å². The van der Waals surface area contributed by atoms with Crippen LogP contribution < -0.4 is 16.2 Å². The van der Waals surface area contributed by atoms with Crippen molar-refractivity contribution in [2.24, 2.45) is 5.92 Å². The number of allylic oxidation sites excluding steroid dienone is 1. The van der Waals surface area contributed by atoms with Gasteiger partial charge < -0.3 is 30.2 Å². The molecule has 0 saturated carbocycles. The Balaban J connectivity index is 1.79. The van der Waals surface area contributed by atoms with Gasteiger partial charge in [-0.05, 0) is 43.4 Å². The summed E-state index contributed by atoms with van der Waals surface area (Å²) < 4.78 is 29.9. The molecule has 2 aromatic heterocycles. The number of aromatic nitrogens is 3. The van der Waals surface area contributed by atoms with Crippen molar-refractivity contribution >= 4 is 34.6 Å². The summed E-state index contributed by atoms with van der Waals surface area (Å²) in [7, 11) is 3.17. The van der Waals surface area contributed by atoms with Gasteiger partial charge in [-0.3, -0.25) is 14.4 Å². The number of aromatic amines is 1. The molecule has 0 spiro atoms. The van der Waals surface area contributed by atoms with Gasteiger partial charge in [0.05, 0.1) is 17.6 Å². The van der Waals surface area contributed by atoms with Crippen LogP contribution in [-0.2, 0) is 22.6 Å². The topological polar surface area (TPSA) is 149 Å². The number of rotatable bonds is 11. The number of hydrogen-bond acceptors (Lipinski definition) is 5. The third kappa shape index (κ3) is 7.52. The van der Waals surface area contributed by atoms with Gasteiger partial charge in [-0.1, -0.05) is 19.9 Å². The highest BCUT2D eigenvalue weighted by Crippen LogP contribution is 2.25. The van der Waals surface area contributed by atoms with Crippen molar-refractivity contribution in [1.29, 1.82) is 0 Å². The van der Waals surface area contributed by atoms with Crippen LogP contribution in [0.3, 0.4) is 0 Å². The molecule has 0 bridgehead atoms. The minimum absolute atomic E-state index is 0.0428. The van der Waals surface area contributed by atoms with Crippen LogP contribution in [0, 0.1) is 17.6 Å². The number of nitrogens with one attached hydrogen (secondary N) is 3. The van der Waals surface area contributed by atoms with Crippen LogP contribution in [-0.4, -0.2) is 62.6 Å². The van der Waals surface area contributed by atoms with E-state index in [1.165, 1.54) is 39.9 Å². The average molecular weight is 559 g/mol. The van der Waals surface area contributed by atoms with Gasteiger partial charge in [-0.25, -0.2) is 18.6 Å². The van der Waals surface area contributed by atoms with E-state index in [1.807, 2.05) is 13.8 Å². The number of carbonyl (C=O) groups is 3. The molecule has 13 heteroatoms. The van der Waals surface area contributed by atoms with Crippen LogP contribution in [0.4, 0.5) is 19.3 Å². The molecule has 0 fully saturated rings. The molecular weight excluding hydrogens is 526 g/mol. The number of halogens is 2. The molecule has 11 nitrogen and oxygen atoms in total. The SMILES string of the molecule is CC(C)Cc1c(F)c(F)cc2nc(Cn3cccc(NC(=O)C(CCC=CC(=O)N(C)C)NC(=O)O)c3=O)[nH]c12. The number of fused-ring (bicyclic) bond motifs is 1. The fourth-order valence-corrected chi connectivity index (χ4v) is 4.04. The van der Waals surface area contributed by atoms with E-state index in [1.54, 1.807) is 14.1 Å². The molecule has 0 radical (unpaired) electrons. The lowest BCUT2D eigenvalue weighted by molar-refractivity contribution is -0.123. The smallest absolute Gasteiger partial charge is 0.405 e. The molecule has 3 rings (SSSR count). The third-order valence-corrected chi connectivity index (χ3v) is 5.97. The summed E-state index contributed by atoms with van der Waals surface area (Å²) in [6.07, 6.45) is 3.44. The van der Waals surface area contributed by atoms with Crippen molar-refractivity contribution in [1.82, 2.24) is 24.8 Å². The fraction of sp³-hybridized carbons (Fsp3) is 0.370. The maximum atomic E-state index is 14.5. The van der Waals surface area contributed by atoms with Crippen LogP contribution in [0.25, 0.3) is 11.0 Å². The van der Waals surface area contributed by atoms with Crippen LogP contribution in [0.2, 0.25) is 0 Å². The third-order valence-electron chi connectivity index (χ3n) is 5.97. The maximum Gasteiger partial charge on any atom is 0.405 e. The molecule has 3 amide bonds. The summed E-state index contributed by atoms with van der Waals surface area (Å²) in [5.41, 5.74) is 0.0587. The lowest BCUT2D eigenvalue weighted by Crippen LogP contribution is -2.44. The summed E-state index contributed by atoms with van der Waals surface area (Å²) in [6, 6.07) is 2.69. The predicted octanol–water partition coefficient (Wildman–Crippen LogP) is 3.25. The number of benzene rings is 1. The Hall–Kier alpha value is -4.55. The van der Waals surface area contributed by atoms with Crippen molar-refractivity contribution in [3.8, 4) is 0 Å². The minimum Gasteiger partial charge on any atom is -0.465 e. The van der Waals surface area contributed by atoms with Gasteiger partial charge in [0.15, 0.2) is 11.6 Å². The first-order valence-corrected chi connectivity index (χ1v) is 12.6. The number of H-pyrrole nitrogens is 1. The second-order valence-corrected chi connectivity index (χ2v) is 9.89. The molecule has 214 valence electrons. The van der Waals surface area contributed by atoms with Gasteiger partial charge in [-0.15, -0.1) is 0 Å². The van der Waals surface area contributed by atoms with Gasteiger partial charge in [0.25, 0.3) is 5.56 Å². The van der Waals surface area contributed by atoms with Gasteiger partial charge in [0.1, 0.15) is 17.6 Å². The molecule has 2 heterocycles. The first-order valence-electron chi connectivity index (χ1n) is 12.6. The van der Waals surface area contributed by atoms with Gasteiger partial charge in [0.2, 0.25) is 11.8 Å². The second-order valence-electron chi connectivity index (χ2n) is 9.89. The summed E-state index contributed by atoms with van der Waals surface area (Å²) in [5, 5.41) is 13.7. The molecule has 1 aromatic carbocycles. The standard InChI is InChI=1S/C27H32F2N6O5/c1-15(2)12-16-23(29)17(28)13-20-24(16)33-21(30-20)14-35-11-7-9-19(26(35)38)31-25(37)18(32-27(39)40)8-5-6-10-22(36)34(3)4/h6-7,9-11,13,15,18,32H,5,8,12,14H2,1-4H3,(H,30,33)(H,31,37)(H,39,40). The van der Waals surface area contributed by atoms with E-state index in [9.17, 15) is 28.0 Å². The quantitative estimate of drug-likeness (QED) is 0.266. The number of anilines is 1. The van der Waals surface area contributed by atoms with Gasteiger partial charge in [-0.2, -0.15) is 0 Å². The Morgan fingerprint density at radius 1 is 1.25 bits per heavy atom. The maximum absolute atomic E-state index is 14.5. The molecule has 4 N–H and O–H groups in total. The van der Waals surface area contributed by atoms with E-state index in [0.717, 1.165) is 6.07 Å². The zero-order chi connectivity index (χ0) is 29.6. The average Bonchev–Trinajstić information content (AvgIpc) is 3.27. The zero-order valence-electron chi connectivity index (χ0n) is 22.6. The summed E-state index contributed by atoms with van der Waals surface area (Å²) in [5.74, 6) is -2.62. The molecule has 0 aliphatic heterocycles. The normalized spacial score (nSPS) is 12.2. The predicted molar refractivity (Wildman–Crippen MR) is 145 cm³/mol. The fourth-order valence-electron chi connectivity index (χ4n) is 4.04. The van der Waals surface area contributed by atoms with Crippen LogP contribution in [0.1, 0.15) is 38.1 Å². The molecule has 3 aromatic rings. The summed E-state index contributed by atoms with van der Waals surface area (Å²) in [4.78, 5) is 57.5. The van der Waals surface area contributed by atoms with Crippen LogP contribution in [0.15, 0.2) is 41.3 Å². The monoisotopic (exact) mass is 558 g/mol. The van der Waals surface area contributed by atoms with E-state index in [2.05, 4.69) is 20.6 Å². The Bertz CT molecular complexity index is 1490. The molecule has 0 aliphatic carbocycles. The van der Waals surface area contributed by atoms with Crippen molar-refractivity contribution in [3.05, 3.63) is 69.9 Å². The Morgan fingerprint density at radius 3 is 2.62 bits per heavy atom. The minimum atomic E-state index is -1.42. The van der Waals surface area contributed by atoms with Crippen molar-refractivity contribution in [2.75, 3.05) is 19.4 Å². The first kappa shape index (κ1) is 30.0. The van der Waals surface area contributed by atoms with Crippen LogP contribution in [0.5, 0.6) is 0 Å². The Morgan fingerprint density at radius 2 is 1.98 bits per heavy atom. The van der Waals surface area contributed by atoms with Crippen LogP contribution >= 0.6 is 0 Å². The number of amides is 3. The number of carbonyl (C=O) groups excluding carboxylic acids is 2. The van der Waals surface area contributed by atoms with E-state index in [4.69, 9.17) is 5.11 Å². The highest BCUT2D eigenvalue weighted by Gasteiger charge is 2.22. The largest absolute Gasteiger partial charge is 0.465 e. The second kappa shape index (κ2) is 13.0. The lowest BCUT2D eigenvalue weighted by atomic mass is 10.0. The first-order chi connectivity index (χ1) is 18.9. The van der Waals surface area contributed by atoms with Gasteiger partial charge in [0, 0.05) is 31.9 Å². The molecular formula is C27H32F2N6O5. The lowest BCUT2D eigenvalue weighted by Gasteiger charge is -2.16. The highest BCUT2D eigenvalue weighted by molar-refractivity contribution is 5.96. The molecule has 0 aliphatic rings. The van der Waals surface area contributed by atoms with E-state index in [-0.39, 0.29) is 60.2 Å².